The molecule has 2 N–H and O–H groups in total. The minimum absolute atomic E-state index is 0. The van der Waals surface area contributed by atoms with Crippen molar-refractivity contribution in [2.24, 2.45) is 5.92 Å². The van der Waals surface area contributed by atoms with E-state index in [0.717, 1.165) is 37.4 Å². The molecule has 1 fully saturated rings. The molecule has 2 amide bonds. The second-order valence-corrected chi connectivity index (χ2v) is 8.16. The Bertz CT molecular complexity index is 903. The number of hydrogen-bond acceptors (Lipinski definition) is 3. The topological polar surface area (TPSA) is 53.6 Å². The van der Waals surface area contributed by atoms with Crippen LogP contribution >= 0.6 is 12.4 Å². The molecule has 3 atom stereocenters. The van der Waals surface area contributed by atoms with Gasteiger partial charge >= 0.3 is 6.03 Å². The van der Waals surface area contributed by atoms with Gasteiger partial charge in [0.15, 0.2) is 0 Å². The Balaban J connectivity index is 0.00000205. The molecule has 1 unspecified atom stereocenters. The van der Waals surface area contributed by atoms with Crippen molar-refractivity contribution in [1.29, 1.82) is 0 Å². The van der Waals surface area contributed by atoms with Crippen molar-refractivity contribution in [1.82, 2.24) is 10.2 Å². The number of nitrogens with zero attached hydrogens (tertiary/aromatic N) is 1. The van der Waals surface area contributed by atoms with Gasteiger partial charge in [-0.1, -0.05) is 30.3 Å². The van der Waals surface area contributed by atoms with E-state index < -0.39 is 0 Å². The Labute approximate surface area is 178 Å². The Hall–Kier alpha value is -2.24. The van der Waals surface area contributed by atoms with Crippen LogP contribution in [0.5, 0.6) is 5.75 Å². The van der Waals surface area contributed by atoms with E-state index >= 15 is 0 Å². The smallest absolute Gasteiger partial charge is 0.322 e. The van der Waals surface area contributed by atoms with E-state index in [4.69, 9.17) is 4.74 Å². The van der Waals surface area contributed by atoms with Gasteiger partial charge in [-0.3, -0.25) is 0 Å². The Morgan fingerprint density at radius 1 is 1.17 bits per heavy atom. The number of anilines is 1. The third kappa shape index (κ3) is 3.58. The zero-order chi connectivity index (χ0) is 19.1. The molecule has 154 valence electrons. The number of carbonyl (C=O) groups is 1. The van der Waals surface area contributed by atoms with Crippen molar-refractivity contribution in [3.05, 3.63) is 59.2 Å². The Morgan fingerprint density at radius 3 is 2.90 bits per heavy atom. The average molecular weight is 414 g/mol. The van der Waals surface area contributed by atoms with Crippen molar-refractivity contribution in [2.75, 3.05) is 25.5 Å². The SMILES string of the molecule is COc1cccc2c1CC[C@H]1CNC(CCN3Cc4ccccc4NC3=O)[C@@H]21.Cl. The van der Waals surface area contributed by atoms with Crippen LogP contribution in [0.25, 0.3) is 0 Å². The molecule has 1 aliphatic carbocycles. The van der Waals surface area contributed by atoms with Crippen molar-refractivity contribution < 1.29 is 9.53 Å². The summed E-state index contributed by atoms with van der Waals surface area (Å²) in [5, 5.41) is 6.77. The molecule has 2 heterocycles. The van der Waals surface area contributed by atoms with E-state index in [9.17, 15) is 4.79 Å². The van der Waals surface area contributed by atoms with Gasteiger partial charge in [0.05, 0.1) is 7.11 Å². The number of rotatable bonds is 4. The van der Waals surface area contributed by atoms with Gasteiger partial charge in [0.2, 0.25) is 0 Å². The molecular weight excluding hydrogens is 386 g/mol. The molecule has 3 aliphatic rings. The summed E-state index contributed by atoms with van der Waals surface area (Å²) in [6.45, 7) is 2.52. The first-order chi connectivity index (χ1) is 13.7. The maximum absolute atomic E-state index is 12.5. The molecule has 0 radical (unpaired) electrons. The number of fused-ring (bicyclic) bond motifs is 4. The van der Waals surface area contributed by atoms with Crippen LogP contribution in [0, 0.1) is 5.92 Å². The van der Waals surface area contributed by atoms with Crippen molar-refractivity contribution in [3.8, 4) is 5.75 Å². The van der Waals surface area contributed by atoms with Gasteiger partial charge in [0, 0.05) is 30.7 Å². The number of para-hydroxylation sites is 1. The third-order valence-corrected chi connectivity index (χ3v) is 6.71. The van der Waals surface area contributed by atoms with E-state index in [1.54, 1.807) is 7.11 Å². The highest BCUT2D eigenvalue weighted by molar-refractivity contribution is 5.92. The first-order valence-corrected chi connectivity index (χ1v) is 10.3. The second-order valence-electron chi connectivity index (χ2n) is 8.16. The van der Waals surface area contributed by atoms with Gasteiger partial charge in [0.1, 0.15) is 5.75 Å². The molecule has 0 bridgehead atoms. The number of carbonyl (C=O) groups excluding carboxylic acids is 1. The molecule has 2 aromatic carbocycles. The number of amides is 2. The maximum Gasteiger partial charge on any atom is 0.322 e. The summed E-state index contributed by atoms with van der Waals surface area (Å²) < 4.78 is 5.62. The largest absolute Gasteiger partial charge is 0.496 e. The van der Waals surface area contributed by atoms with E-state index in [1.807, 2.05) is 23.1 Å². The van der Waals surface area contributed by atoms with Crippen molar-refractivity contribution in [2.45, 2.75) is 37.8 Å². The lowest BCUT2D eigenvalue weighted by molar-refractivity contribution is 0.202. The minimum Gasteiger partial charge on any atom is -0.496 e. The molecule has 0 spiro atoms. The molecule has 5 nitrogen and oxygen atoms in total. The van der Waals surface area contributed by atoms with Crippen LogP contribution in [0.15, 0.2) is 42.5 Å². The van der Waals surface area contributed by atoms with Crippen LogP contribution < -0.4 is 15.4 Å². The quantitative estimate of drug-likeness (QED) is 0.790. The number of methoxy groups -OCH3 is 1. The minimum atomic E-state index is 0. The normalized spacial score (nSPS) is 24.7. The van der Waals surface area contributed by atoms with Crippen LogP contribution in [0.1, 0.15) is 35.4 Å². The third-order valence-electron chi connectivity index (χ3n) is 6.71. The fourth-order valence-electron chi connectivity index (χ4n) is 5.33. The molecule has 0 aromatic heterocycles. The first-order valence-electron chi connectivity index (χ1n) is 10.3. The van der Waals surface area contributed by atoms with E-state index in [1.165, 1.54) is 23.1 Å². The highest BCUT2D eigenvalue weighted by atomic mass is 35.5. The molecule has 2 aliphatic heterocycles. The number of ether oxygens (including phenoxy) is 1. The van der Waals surface area contributed by atoms with Gasteiger partial charge in [-0.15, -0.1) is 12.4 Å². The summed E-state index contributed by atoms with van der Waals surface area (Å²) in [5.41, 5.74) is 4.95. The summed E-state index contributed by atoms with van der Waals surface area (Å²) in [4.78, 5) is 14.4. The van der Waals surface area contributed by atoms with Crippen LogP contribution in [0.3, 0.4) is 0 Å². The predicted octanol–water partition coefficient (Wildman–Crippen LogP) is 4.17. The average Bonchev–Trinajstić information content (AvgIpc) is 3.15. The van der Waals surface area contributed by atoms with Crippen LogP contribution in [-0.2, 0) is 13.0 Å². The fourth-order valence-corrected chi connectivity index (χ4v) is 5.33. The van der Waals surface area contributed by atoms with Gasteiger partial charge in [0.25, 0.3) is 0 Å². The molecular formula is C23H28ClN3O2. The lowest BCUT2D eigenvalue weighted by Gasteiger charge is -2.34. The van der Waals surface area contributed by atoms with Gasteiger partial charge < -0.3 is 20.3 Å². The highest BCUT2D eigenvalue weighted by Gasteiger charge is 2.41. The molecule has 0 saturated carbocycles. The Morgan fingerprint density at radius 2 is 2.03 bits per heavy atom. The van der Waals surface area contributed by atoms with Crippen molar-refractivity contribution >= 4 is 24.1 Å². The second kappa shape index (κ2) is 8.25. The van der Waals surface area contributed by atoms with E-state index in [-0.39, 0.29) is 18.4 Å². The van der Waals surface area contributed by atoms with Crippen LogP contribution in [-0.4, -0.2) is 37.2 Å². The predicted molar refractivity (Wildman–Crippen MR) is 117 cm³/mol. The summed E-state index contributed by atoms with van der Waals surface area (Å²) >= 11 is 0. The van der Waals surface area contributed by atoms with E-state index in [0.29, 0.717) is 24.4 Å². The number of nitrogens with one attached hydrogen (secondary N) is 2. The standard InChI is InChI=1S/C23H27N3O2.ClH/c1-28-21-8-4-6-18-17(21)10-9-15-13-24-20(22(15)18)11-12-26-14-16-5-2-3-7-19(16)25-23(26)27;/h2-8,15,20,22,24H,9-14H2,1H3,(H,25,27);1H/t15-,20?,22+;/m0./s1. The lowest BCUT2D eigenvalue weighted by Crippen LogP contribution is -2.41. The van der Waals surface area contributed by atoms with Gasteiger partial charge in [-0.2, -0.15) is 0 Å². The molecule has 5 rings (SSSR count). The van der Waals surface area contributed by atoms with E-state index in [2.05, 4.69) is 34.9 Å². The number of hydrogen-bond donors (Lipinski definition) is 2. The summed E-state index contributed by atoms with van der Waals surface area (Å²) in [6.07, 6.45) is 3.27. The summed E-state index contributed by atoms with van der Waals surface area (Å²) in [7, 11) is 1.76. The zero-order valence-electron chi connectivity index (χ0n) is 16.7. The lowest BCUT2D eigenvalue weighted by atomic mass is 9.73. The number of urea groups is 1. The number of benzene rings is 2. The maximum atomic E-state index is 12.5. The number of halogens is 1. The Kier molecular flexibility index (Phi) is 5.70. The molecule has 29 heavy (non-hydrogen) atoms. The van der Waals surface area contributed by atoms with Crippen LogP contribution in [0.4, 0.5) is 10.5 Å². The zero-order valence-corrected chi connectivity index (χ0v) is 17.5. The molecule has 1 saturated heterocycles. The molecule has 2 aromatic rings. The summed E-state index contributed by atoms with van der Waals surface area (Å²) in [5.74, 6) is 2.22. The van der Waals surface area contributed by atoms with Gasteiger partial charge in [-0.05, 0) is 60.5 Å². The molecule has 6 heteroatoms. The fraction of sp³-hybridized carbons (Fsp3) is 0.435. The monoisotopic (exact) mass is 413 g/mol. The van der Waals surface area contributed by atoms with Gasteiger partial charge in [-0.25, -0.2) is 4.79 Å². The summed E-state index contributed by atoms with van der Waals surface area (Å²) in [6, 6.07) is 14.9. The first kappa shape index (κ1) is 20.0. The van der Waals surface area contributed by atoms with Crippen LogP contribution in [0.2, 0.25) is 0 Å². The highest BCUT2D eigenvalue weighted by Crippen LogP contribution is 2.45. The van der Waals surface area contributed by atoms with Crippen molar-refractivity contribution in [3.63, 3.8) is 0 Å².